The minimum atomic E-state index is -0.550. The zero-order chi connectivity index (χ0) is 20.7. The first-order valence-electron chi connectivity index (χ1n) is 9.21. The van der Waals surface area contributed by atoms with Gasteiger partial charge in [-0.15, -0.1) is 0 Å². The second kappa shape index (κ2) is 7.04. The molecule has 6 nitrogen and oxygen atoms in total. The Kier molecular flexibility index (Phi) is 4.21. The van der Waals surface area contributed by atoms with Crippen LogP contribution in [0.4, 0.5) is 4.39 Å². The molecule has 7 heteroatoms. The first kappa shape index (κ1) is 17.9. The molecule has 0 spiro atoms. The van der Waals surface area contributed by atoms with E-state index in [1.165, 1.54) is 19.2 Å². The molecule has 0 radical (unpaired) electrons. The number of esters is 1. The van der Waals surface area contributed by atoms with Crippen molar-refractivity contribution in [2.24, 2.45) is 0 Å². The predicted octanol–water partition coefficient (Wildman–Crippen LogP) is 4.56. The first-order chi connectivity index (χ1) is 14.7. The molecule has 0 aliphatic heterocycles. The number of ether oxygens (including phenoxy) is 1. The molecule has 0 saturated heterocycles. The van der Waals surface area contributed by atoms with Crippen LogP contribution in [0.5, 0.6) is 0 Å². The molecule has 0 saturated carbocycles. The fraction of sp³-hybridized carbons (Fsp3) is 0.0435. The lowest BCUT2D eigenvalue weighted by atomic mass is 9.97. The van der Waals surface area contributed by atoms with Crippen LogP contribution in [0.1, 0.15) is 10.5 Å². The number of carbonyl (C=O) groups excluding carboxylic acids is 1. The molecular formula is C23H15FN4O2. The van der Waals surface area contributed by atoms with Crippen molar-refractivity contribution < 1.29 is 13.9 Å². The van der Waals surface area contributed by atoms with Gasteiger partial charge in [0.1, 0.15) is 5.82 Å². The largest absolute Gasteiger partial charge is 0.464 e. The van der Waals surface area contributed by atoms with Crippen LogP contribution >= 0.6 is 0 Å². The molecule has 146 valence electrons. The molecule has 30 heavy (non-hydrogen) atoms. The van der Waals surface area contributed by atoms with E-state index in [-0.39, 0.29) is 11.5 Å². The van der Waals surface area contributed by atoms with Crippen LogP contribution in [0.15, 0.2) is 73.3 Å². The summed E-state index contributed by atoms with van der Waals surface area (Å²) in [6.07, 6.45) is 6.93. The second-order valence-corrected chi connectivity index (χ2v) is 6.71. The summed E-state index contributed by atoms with van der Waals surface area (Å²) in [6.45, 7) is 0. The van der Waals surface area contributed by atoms with Gasteiger partial charge in [0.25, 0.3) is 0 Å². The summed E-state index contributed by atoms with van der Waals surface area (Å²) in [7, 11) is 1.32. The average molecular weight is 398 g/mol. The Balaban J connectivity index is 1.93. The summed E-state index contributed by atoms with van der Waals surface area (Å²) in [5.74, 6) is -0.900. The number of halogens is 1. The first-order valence-corrected chi connectivity index (χ1v) is 9.21. The van der Waals surface area contributed by atoms with E-state index in [1.807, 2.05) is 24.3 Å². The van der Waals surface area contributed by atoms with Crippen LogP contribution in [-0.2, 0) is 4.74 Å². The molecule has 0 amide bonds. The van der Waals surface area contributed by atoms with Crippen molar-refractivity contribution in [2.45, 2.75) is 0 Å². The van der Waals surface area contributed by atoms with E-state index in [0.717, 1.165) is 21.9 Å². The van der Waals surface area contributed by atoms with E-state index in [9.17, 15) is 9.18 Å². The number of hydrogen-bond donors (Lipinski definition) is 0. The fourth-order valence-corrected chi connectivity index (χ4v) is 3.64. The molecule has 0 N–H and O–H groups in total. The summed E-state index contributed by atoms with van der Waals surface area (Å²) < 4.78 is 20.1. The maximum atomic E-state index is 13.5. The minimum absolute atomic E-state index is 0.181. The highest BCUT2D eigenvalue weighted by Gasteiger charge is 2.22. The molecule has 5 aromatic rings. The van der Waals surface area contributed by atoms with E-state index in [1.54, 1.807) is 41.6 Å². The van der Waals surface area contributed by atoms with Crippen molar-refractivity contribution in [3.05, 3.63) is 84.8 Å². The Labute approximate surface area is 170 Å². The van der Waals surface area contributed by atoms with Gasteiger partial charge in [-0.2, -0.15) is 5.10 Å². The van der Waals surface area contributed by atoms with E-state index in [4.69, 9.17) is 4.74 Å². The van der Waals surface area contributed by atoms with Crippen LogP contribution in [-0.4, -0.2) is 32.8 Å². The average Bonchev–Trinajstić information content (AvgIpc) is 3.19. The number of carbonyl (C=O) groups is 1. The zero-order valence-corrected chi connectivity index (χ0v) is 15.9. The monoisotopic (exact) mass is 398 g/mol. The molecule has 3 aromatic heterocycles. The van der Waals surface area contributed by atoms with Crippen LogP contribution in [0.2, 0.25) is 0 Å². The number of rotatable bonds is 3. The van der Waals surface area contributed by atoms with Gasteiger partial charge in [-0.05, 0) is 48.0 Å². The molecule has 0 aliphatic carbocycles. The van der Waals surface area contributed by atoms with E-state index < -0.39 is 5.97 Å². The highest BCUT2D eigenvalue weighted by Crippen LogP contribution is 2.36. The van der Waals surface area contributed by atoms with Crippen LogP contribution in [0, 0.1) is 5.82 Å². The standard InChI is InChI=1S/C23H15FN4O2/c1-30-23(29)21-19-11-18(14-3-2-9-25-12-14)20-13-26-10-8-17(20)22(19)28(27-21)16-6-4-15(24)5-7-16/h2-13H,1H3. The number of pyridine rings is 2. The van der Waals surface area contributed by atoms with Crippen LogP contribution in [0.3, 0.4) is 0 Å². The number of nitrogens with zero attached hydrogens (tertiary/aromatic N) is 4. The van der Waals surface area contributed by atoms with Gasteiger partial charge in [0.2, 0.25) is 0 Å². The van der Waals surface area contributed by atoms with Crippen molar-refractivity contribution >= 4 is 27.6 Å². The fourth-order valence-electron chi connectivity index (χ4n) is 3.64. The molecule has 5 rings (SSSR count). The highest BCUT2D eigenvalue weighted by atomic mass is 19.1. The van der Waals surface area contributed by atoms with Crippen molar-refractivity contribution in [2.75, 3.05) is 7.11 Å². The summed E-state index contributed by atoms with van der Waals surface area (Å²) in [6, 6.07) is 13.5. The summed E-state index contributed by atoms with van der Waals surface area (Å²) in [5.41, 5.74) is 3.29. The Hall–Kier alpha value is -4.13. The van der Waals surface area contributed by atoms with Gasteiger partial charge in [-0.1, -0.05) is 6.07 Å². The number of fused-ring (bicyclic) bond motifs is 3. The molecular weight excluding hydrogens is 383 g/mol. The van der Waals surface area contributed by atoms with Gasteiger partial charge in [0, 0.05) is 46.5 Å². The van der Waals surface area contributed by atoms with Crippen LogP contribution < -0.4 is 0 Å². The lowest BCUT2D eigenvalue weighted by Crippen LogP contribution is -2.04. The third-order valence-electron chi connectivity index (χ3n) is 5.00. The van der Waals surface area contributed by atoms with Crippen LogP contribution in [0.25, 0.3) is 38.5 Å². The highest BCUT2D eigenvalue weighted by molar-refractivity contribution is 6.17. The van der Waals surface area contributed by atoms with Gasteiger partial charge in [-0.3, -0.25) is 9.97 Å². The quantitative estimate of drug-likeness (QED) is 0.417. The van der Waals surface area contributed by atoms with Gasteiger partial charge < -0.3 is 4.74 Å². The number of hydrogen-bond acceptors (Lipinski definition) is 5. The maximum Gasteiger partial charge on any atom is 0.359 e. The second-order valence-electron chi connectivity index (χ2n) is 6.71. The lowest BCUT2D eigenvalue weighted by Gasteiger charge is -2.10. The molecule has 0 atom stereocenters. The molecule has 0 aliphatic rings. The SMILES string of the molecule is COC(=O)c1nn(-c2ccc(F)cc2)c2c1cc(-c1cccnc1)c1cnccc12. The third-order valence-corrected chi connectivity index (χ3v) is 5.00. The van der Waals surface area contributed by atoms with Gasteiger partial charge in [-0.25, -0.2) is 13.9 Å². The number of methoxy groups -OCH3 is 1. The van der Waals surface area contributed by atoms with Crippen molar-refractivity contribution in [1.82, 2.24) is 19.7 Å². The molecule has 2 aromatic carbocycles. The topological polar surface area (TPSA) is 69.9 Å². The van der Waals surface area contributed by atoms with Crippen molar-refractivity contribution in [3.8, 4) is 16.8 Å². The summed E-state index contributed by atoms with van der Waals surface area (Å²) in [5, 5.41) is 6.90. The van der Waals surface area contributed by atoms with Gasteiger partial charge in [0.05, 0.1) is 18.3 Å². The van der Waals surface area contributed by atoms with Crippen molar-refractivity contribution in [3.63, 3.8) is 0 Å². The van der Waals surface area contributed by atoms with E-state index in [2.05, 4.69) is 15.1 Å². The molecule has 3 heterocycles. The number of aromatic nitrogens is 4. The lowest BCUT2D eigenvalue weighted by molar-refractivity contribution is 0.0595. The number of benzene rings is 2. The predicted molar refractivity (Wildman–Crippen MR) is 111 cm³/mol. The normalized spacial score (nSPS) is 11.1. The maximum absolute atomic E-state index is 13.5. The van der Waals surface area contributed by atoms with Gasteiger partial charge >= 0.3 is 5.97 Å². The molecule has 0 unspecified atom stereocenters. The molecule has 0 bridgehead atoms. The third kappa shape index (κ3) is 2.79. The van der Waals surface area contributed by atoms with E-state index >= 15 is 0 Å². The zero-order valence-electron chi connectivity index (χ0n) is 15.9. The Bertz CT molecular complexity index is 1400. The summed E-state index contributed by atoms with van der Waals surface area (Å²) in [4.78, 5) is 21.0. The molecule has 0 fully saturated rings. The smallest absolute Gasteiger partial charge is 0.359 e. The Morgan fingerprint density at radius 2 is 1.77 bits per heavy atom. The summed E-state index contributed by atoms with van der Waals surface area (Å²) >= 11 is 0. The van der Waals surface area contributed by atoms with E-state index in [0.29, 0.717) is 16.6 Å². The van der Waals surface area contributed by atoms with Gasteiger partial charge in [0.15, 0.2) is 5.69 Å². The Morgan fingerprint density at radius 1 is 0.967 bits per heavy atom. The Morgan fingerprint density at radius 3 is 2.50 bits per heavy atom. The minimum Gasteiger partial charge on any atom is -0.464 e. The van der Waals surface area contributed by atoms with Crippen molar-refractivity contribution in [1.29, 1.82) is 0 Å².